The summed E-state index contributed by atoms with van der Waals surface area (Å²) in [6, 6.07) is 11.1. The molecule has 0 unspecified atom stereocenters. The molecule has 9 heteroatoms. The van der Waals surface area contributed by atoms with Crippen LogP contribution in [-0.2, 0) is 0 Å². The first-order valence-electron chi connectivity index (χ1n) is 11.0. The van der Waals surface area contributed by atoms with Crippen molar-refractivity contribution in [3.63, 3.8) is 0 Å². The Bertz CT molecular complexity index is 1350. The summed E-state index contributed by atoms with van der Waals surface area (Å²) < 4.78 is 17.7. The lowest BCUT2D eigenvalue weighted by Gasteiger charge is -2.09. The van der Waals surface area contributed by atoms with Crippen molar-refractivity contribution in [1.82, 2.24) is 19.9 Å². The molecule has 0 spiro atoms. The van der Waals surface area contributed by atoms with E-state index in [0.29, 0.717) is 46.1 Å². The number of anilines is 1. The van der Waals surface area contributed by atoms with Crippen LogP contribution in [0.5, 0.6) is 11.5 Å². The van der Waals surface area contributed by atoms with E-state index in [2.05, 4.69) is 20.6 Å². The maximum atomic E-state index is 13.0. The molecule has 2 heterocycles. The molecule has 0 saturated heterocycles. The van der Waals surface area contributed by atoms with Crippen LogP contribution in [0.3, 0.4) is 0 Å². The third-order valence-electron chi connectivity index (χ3n) is 5.84. The number of ether oxygens (including phenoxy) is 2. The molecule has 1 aliphatic rings. The van der Waals surface area contributed by atoms with Crippen LogP contribution in [0.2, 0.25) is 0 Å². The molecule has 2 aromatic heterocycles. The van der Waals surface area contributed by atoms with Gasteiger partial charge in [-0.3, -0.25) is 4.79 Å². The lowest BCUT2D eigenvalue weighted by Crippen LogP contribution is -2.12. The molecule has 9 nitrogen and oxygen atoms in total. The van der Waals surface area contributed by atoms with Crippen LogP contribution < -0.4 is 14.8 Å². The second kappa shape index (κ2) is 8.66. The largest absolute Gasteiger partial charge is 0.497 e. The van der Waals surface area contributed by atoms with E-state index in [1.54, 1.807) is 50.2 Å². The van der Waals surface area contributed by atoms with Gasteiger partial charge in [0.2, 0.25) is 11.7 Å². The summed E-state index contributed by atoms with van der Waals surface area (Å²) in [5.74, 6) is 2.53. The average Bonchev–Trinajstić information content (AvgIpc) is 3.44. The van der Waals surface area contributed by atoms with Crippen molar-refractivity contribution in [2.24, 2.45) is 0 Å². The molecule has 0 aliphatic heterocycles. The van der Waals surface area contributed by atoms with Crippen molar-refractivity contribution in [1.29, 1.82) is 0 Å². The summed E-state index contributed by atoms with van der Waals surface area (Å²) in [6.45, 7) is 3.79. The van der Waals surface area contributed by atoms with Gasteiger partial charge in [0, 0.05) is 41.6 Å². The fourth-order valence-electron chi connectivity index (χ4n) is 3.73. The van der Waals surface area contributed by atoms with Crippen molar-refractivity contribution in [2.45, 2.75) is 32.6 Å². The number of benzene rings is 2. The Morgan fingerprint density at radius 1 is 1.09 bits per heavy atom. The van der Waals surface area contributed by atoms with Crippen LogP contribution >= 0.6 is 0 Å². The number of amides is 1. The number of aromatic nitrogens is 4. The number of methoxy groups -OCH3 is 2. The third kappa shape index (κ3) is 4.24. The Kier molecular flexibility index (Phi) is 5.53. The number of rotatable bonds is 7. The summed E-state index contributed by atoms with van der Waals surface area (Å²) in [4.78, 5) is 17.6. The topological polar surface area (TPSA) is 104 Å². The fraction of sp³-hybridized carbons (Fsp3) is 0.280. The van der Waals surface area contributed by atoms with Crippen LogP contribution in [0.25, 0.3) is 17.1 Å². The van der Waals surface area contributed by atoms with Gasteiger partial charge in [0.15, 0.2) is 0 Å². The maximum absolute atomic E-state index is 13.0. The molecule has 0 radical (unpaired) electrons. The fourth-order valence-corrected chi connectivity index (χ4v) is 3.73. The first-order valence-corrected chi connectivity index (χ1v) is 11.0. The molecule has 1 amide bonds. The third-order valence-corrected chi connectivity index (χ3v) is 5.84. The Labute approximate surface area is 196 Å². The van der Waals surface area contributed by atoms with Gasteiger partial charge in [0.25, 0.3) is 5.91 Å². The Morgan fingerprint density at radius 2 is 1.82 bits per heavy atom. The van der Waals surface area contributed by atoms with E-state index >= 15 is 0 Å². The Hall–Kier alpha value is -4.14. The molecule has 174 valence electrons. The zero-order valence-electron chi connectivity index (χ0n) is 19.5. The van der Waals surface area contributed by atoms with Crippen LogP contribution in [0, 0.1) is 13.8 Å². The monoisotopic (exact) mass is 459 g/mol. The molecule has 1 fully saturated rings. The number of hydrogen-bond donors (Lipinski definition) is 1. The van der Waals surface area contributed by atoms with Gasteiger partial charge < -0.3 is 19.3 Å². The quantitative estimate of drug-likeness (QED) is 0.428. The summed E-state index contributed by atoms with van der Waals surface area (Å²) in [7, 11) is 3.12. The van der Waals surface area contributed by atoms with E-state index in [0.717, 1.165) is 29.7 Å². The SMILES string of the molecule is COc1cc(NC(=O)c2cn(-c3cc(-c4noc(C5CC5)n4)ccc3C)nc2C)cc(OC)c1. The number of carbonyl (C=O) groups is 1. The number of nitrogens with one attached hydrogen (secondary N) is 1. The van der Waals surface area contributed by atoms with Gasteiger partial charge in [-0.1, -0.05) is 17.3 Å². The molecule has 1 saturated carbocycles. The van der Waals surface area contributed by atoms with Gasteiger partial charge in [0.1, 0.15) is 11.5 Å². The number of aryl methyl sites for hydroxylation is 2. The van der Waals surface area contributed by atoms with Crippen LogP contribution in [0.1, 0.15) is 46.3 Å². The highest BCUT2D eigenvalue weighted by Gasteiger charge is 2.30. The Balaban J connectivity index is 1.42. The van der Waals surface area contributed by atoms with Crippen LogP contribution in [-0.4, -0.2) is 40.0 Å². The summed E-state index contributed by atoms with van der Waals surface area (Å²) in [6.07, 6.45) is 3.92. The summed E-state index contributed by atoms with van der Waals surface area (Å²) in [5, 5.41) is 11.6. The molecule has 1 N–H and O–H groups in total. The van der Waals surface area contributed by atoms with E-state index in [1.165, 1.54) is 0 Å². The van der Waals surface area contributed by atoms with Crippen molar-refractivity contribution < 1.29 is 18.8 Å². The van der Waals surface area contributed by atoms with E-state index in [9.17, 15) is 4.79 Å². The smallest absolute Gasteiger partial charge is 0.259 e. The number of hydrogen-bond acceptors (Lipinski definition) is 7. The van der Waals surface area contributed by atoms with Crippen molar-refractivity contribution in [3.05, 3.63) is 65.3 Å². The van der Waals surface area contributed by atoms with Gasteiger partial charge >= 0.3 is 0 Å². The van der Waals surface area contributed by atoms with Crippen molar-refractivity contribution in [3.8, 4) is 28.6 Å². The van der Waals surface area contributed by atoms with Crippen LogP contribution in [0.4, 0.5) is 5.69 Å². The van der Waals surface area contributed by atoms with Gasteiger partial charge in [-0.2, -0.15) is 10.1 Å². The standard InChI is InChI=1S/C25H25N5O4/c1-14-5-6-17(23-27-25(34-29-23)16-7-8-16)9-22(14)30-13-21(15(2)28-30)24(31)26-18-10-19(32-3)12-20(11-18)33-4/h5-6,9-13,16H,7-8H2,1-4H3,(H,26,31). The predicted molar refractivity (Wildman–Crippen MR) is 126 cm³/mol. The van der Waals surface area contributed by atoms with Crippen molar-refractivity contribution in [2.75, 3.05) is 19.5 Å². The van der Waals surface area contributed by atoms with E-state index in [-0.39, 0.29) is 5.91 Å². The molecule has 5 rings (SSSR count). The molecule has 0 bridgehead atoms. The first kappa shape index (κ1) is 21.7. The molecule has 1 aliphatic carbocycles. The normalized spacial score (nSPS) is 13.1. The summed E-state index contributed by atoms with van der Waals surface area (Å²) in [5.41, 5.74) is 4.30. The minimum absolute atomic E-state index is 0.278. The van der Waals surface area contributed by atoms with E-state index < -0.39 is 0 Å². The zero-order chi connectivity index (χ0) is 23.8. The van der Waals surface area contributed by atoms with Gasteiger partial charge in [0.05, 0.1) is 31.2 Å². The van der Waals surface area contributed by atoms with Gasteiger partial charge in [-0.25, -0.2) is 4.68 Å². The van der Waals surface area contributed by atoms with Crippen molar-refractivity contribution >= 4 is 11.6 Å². The predicted octanol–water partition coefficient (Wildman–Crippen LogP) is 4.69. The minimum Gasteiger partial charge on any atom is -0.497 e. The van der Waals surface area contributed by atoms with E-state index in [1.807, 2.05) is 25.1 Å². The number of carbonyl (C=O) groups excluding carboxylic acids is 1. The highest BCUT2D eigenvalue weighted by atomic mass is 16.5. The maximum Gasteiger partial charge on any atom is 0.259 e. The zero-order valence-corrected chi connectivity index (χ0v) is 19.5. The highest BCUT2D eigenvalue weighted by Crippen LogP contribution is 2.39. The summed E-state index contributed by atoms with van der Waals surface area (Å²) >= 11 is 0. The molecule has 2 aromatic carbocycles. The lowest BCUT2D eigenvalue weighted by molar-refractivity contribution is 0.102. The second-order valence-electron chi connectivity index (χ2n) is 8.36. The molecule has 34 heavy (non-hydrogen) atoms. The molecular weight excluding hydrogens is 434 g/mol. The lowest BCUT2D eigenvalue weighted by atomic mass is 10.1. The molecule has 0 atom stereocenters. The van der Waals surface area contributed by atoms with E-state index in [4.69, 9.17) is 14.0 Å². The molecule has 4 aromatic rings. The minimum atomic E-state index is -0.278. The second-order valence-corrected chi connectivity index (χ2v) is 8.36. The average molecular weight is 460 g/mol. The van der Waals surface area contributed by atoms with Crippen LogP contribution in [0.15, 0.2) is 47.1 Å². The number of nitrogens with zero attached hydrogens (tertiary/aromatic N) is 4. The van der Waals surface area contributed by atoms with Gasteiger partial charge in [-0.05, 0) is 38.3 Å². The van der Waals surface area contributed by atoms with Gasteiger partial charge in [-0.15, -0.1) is 0 Å². The Morgan fingerprint density at radius 3 is 2.50 bits per heavy atom. The molecular formula is C25H25N5O4. The first-order chi connectivity index (χ1) is 16.4. The highest BCUT2D eigenvalue weighted by molar-refractivity contribution is 6.05.